The van der Waals surface area contributed by atoms with Crippen molar-refractivity contribution in [3.05, 3.63) is 34.9 Å². The van der Waals surface area contributed by atoms with Gasteiger partial charge in [0.2, 0.25) is 0 Å². The number of aryl methyl sites for hydroxylation is 2. The molecule has 2 rings (SSSR count). The number of carboxylic acid groups (broad SMARTS) is 1. The molecule has 3 nitrogen and oxygen atoms in total. The van der Waals surface area contributed by atoms with E-state index in [2.05, 4.69) is 43.9 Å². The molecule has 19 heavy (non-hydrogen) atoms. The molecular formula is C16H23NO2. The fourth-order valence-electron chi connectivity index (χ4n) is 3.07. The number of nitrogens with zero attached hydrogens (tertiary/aromatic N) is 1. The van der Waals surface area contributed by atoms with Crippen LogP contribution in [0.2, 0.25) is 0 Å². The Balaban J connectivity index is 2.02. The van der Waals surface area contributed by atoms with Gasteiger partial charge >= 0.3 is 5.97 Å². The van der Waals surface area contributed by atoms with Crippen molar-refractivity contribution in [2.24, 2.45) is 5.92 Å². The standard InChI is InChI=1S/C16H23NO2/c1-11-6-12(2)8-14(7-11)10-17-5-4-15(16(18)19)9-13(17)3/h6-8,13,15H,4-5,9-10H2,1-3H3,(H,18,19). The fraction of sp³-hybridized carbons (Fsp3) is 0.562. The zero-order valence-corrected chi connectivity index (χ0v) is 12.0. The van der Waals surface area contributed by atoms with Crippen LogP contribution in [0.4, 0.5) is 0 Å². The summed E-state index contributed by atoms with van der Waals surface area (Å²) in [6, 6.07) is 6.98. The summed E-state index contributed by atoms with van der Waals surface area (Å²) in [5, 5.41) is 9.09. The lowest BCUT2D eigenvalue weighted by Crippen LogP contribution is -2.42. The Morgan fingerprint density at radius 3 is 2.47 bits per heavy atom. The third-order valence-electron chi connectivity index (χ3n) is 4.03. The van der Waals surface area contributed by atoms with Crippen LogP contribution in [0.3, 0.4) is 0 Å². The first-order valence-corrected chi connectivity index (χ1v) is 6.99. The Morgan fingerprint density at radius 2 is 1.95 bits per heavy atom. The van der Waals surface area contributed by atoms with E-state index in [-0.39, 0.29) is 5.92 Å². The van der Waals surface area contributed by atoms with Crippen LogP contribution >= 0.6 is 0 Å². The van der Waals surface area contributed by atoms with E-state index in [0.29, 0.717) is 6.04 Å². The van der Waals surface area contributed by atoms with Crippen molar-refractivity contribution < 1.29 is 9.90 Å². The van der Waals surface area contributed by atoms with Gasteiger partial charge in [-0.15, -0.1) is 0 Å². The van der Waals surface area contributed by atoms with Crippen LogP contribution in [-0.2, 0) is 11.3 Å². The van der Waals surface area contributed by atoms with Gasteiger partial charge in [0.25, 0.3) is 0 Å². The Hall–Kier alpha value is -1.35. The van der Waals surface area contributed by atoms with E-state index in [9.17, 15) is 4.79 Å². The molecule has 0 aliphatic carbocycles. The maximum absolute atomic E-state index is 11.0. The average Bonchev–Trinajstić information content (AvgIpc) is 2.30. The van der Waals surface area contributed by atoms with Gasteiger partial charge in [-0.25, -0.2) is 0 Å². The highest BCUT2D eigenvalue weighted by Crippen LogP contribution is 2.25. The number of likely N-dealkylation sites (tertiary alicyclic amines) is 1. The summed E-state index contributed by atoms with van der Waals surface area (Å²) in [6.45, 7) is 8.19. The Bertz CT molecular complexity index is 450. The van der Waals surface area contributed by atoms with Gasteiger partial charge in [-0.3, -0.25) is 9.69 Å². The van der Waals surface area contributed by atoms with Crippen molar-refractivity contribution in [3.63, 3.8) is 0 Å². The SMILES string of the molecule is Cc1cc(C)cc(CN2CCC(C(=O)O)CC2C)c1. The van der Waals surface area contributed by atoms with Crippen molar-refractivity contribution in [1.29, 1.82) is 0 Å². The zero-order chi connectivity index (χ0) is 14.0. The van der Waals surface area contributed by atoms with E-state index in [4.69, 9.17) is 5.11 Å². The molecule has 1 aromatic carbocycles. The second-order valence-corrected chi connectivity index (χ2v) is 5.87. The van der Waals surface area contributed by atoms with Crippen LogP contribution in [0.5, 0.6) is 0 Å². The second kappa shape index (κ2) is 5.74. The molecule has 0 aromatic heterocycles. The van der Waals surface area contributed by atoms with Crippen LogP contribution in [0.15, 0.2) is 18.2 Å². The lowest BCUT2D eigenvalue weighted by Gasteiger charge is -2.36. The minimum absolute atomic E-state index is 0.162. The Morgan fingerprint density at radius 1 is 1.32 bits per heavy atom. The molecule has 0 amide bonds. The van der Waals surface area contributed by atoms with Crippen LogP contribution in [0, 0.1) is 19.8 Å². The quantitative estimate of drug-likeness (QED) is 0.909. The molecule has 1 fully saturated rings. The maximum Gasteiger partial charge on any atom is 0.306 e. The molecule has 0 radical (unpaired) electrons. The normalized spacial score (nSPS) is 24.4. The summed E-state index contributed by atoms with van der Waals surface area (Å²) in [4.78, 5) is 13.4. The van der Waals surface area contributed by atoms with E-state index in [1.165, 1.54) is 16.7 Å². The summed E-state index contributed by atoms with van der Waals surface area (Å²) < 4.78 is 0. The minimum Gasteiger partial charge on any atom is -0.481 e. The number of hydrogen-bond acceptors (Lipinski definition) is 2. The van der Waals surface area contributed by atoms with Crippen molar-refractivity contribution in [1.82, 2.24) is 4.90 Å². The van der Waals surface area contributed by atoms with Crippen molar-refractivity contribution in [2.75, 3.05) is 6.54 Å². The van der Waals surface area contributed by atoms with Gasteiger partial charge < -0.3 is 5.11 Å². The van der Waals surface area contributed by atoms with E-state index in [1.54, 1.807) is 0 Å². The molecule has 0 bridgehead atoms. The van der Waals surface area contributed by atoms with Gasteiger partial charge in [0, 0.05) is 12.6 Å². The molecule has 1 aromatic rings. The molecule has 3 heteroatoms. The molecule has 104 valence electrons. The second-order valence-electron chi connectivity index (χ2n) is 5.87. The number of aliphatic carboxylic acids is 1. The van der Waals surface area contributed by atoms with Crippen LogP contribution in [-0.4, -0.2) is 28.6 Å². The lowest BCUT2D eigenvalue weighted by molar-refractivity contribution is -0.144. The third-order valence-corrected chi connectivity index (χ3v) is 4.03. The Labute approximate surface area is 115 Å². The smallest absolute Gasteiger partial charge is 0.306 e. The molecular weight excluding hydrogens is 238 g/mol. The molecule has 1 saturated heterocycles. The molecule has 2 atom stereocenters. The van der Waals surface area contributed by atoms with Crippen molar-refractivity contribution in [2.45, 2.75) is 46.2 Å². The first-order chi connectivity index (χ1) is 8.95. The van der Waals surface area contributed by atoms with Gasteiger partial charge in [0.05, 0.1) is 5.92 Å². The van der Waals surface area contributed by atoms with Gasteiger partial charge in [-0.05, 0) is 45.7 Å². The highest BCUT2D eigenvalue weighted by atomic mass is 16.4. The minimum atomic E-state index is -0.641. The Kier molecular flexibility index (Phi) is 4.25. The molecule has 1 heterocycles. The molecule has 1 aliphatic rings. The van der Waals surface area contributed by atoms with Crippen molar-refractivity contribution >= 4 is 5.97 Å². The average molecular weight is 261 g/mol. The number of benzene rings is 1. The predicted molar refractivity (Wildman–Crippen MR) is 76.1 cm³/mol. The van der Waals surface area contributed by atoms with Crippen LogP contribution < -0.4 is 0 Å². The number of carboxylic acids is 1. The van der Waals surface area contributed by atoms with Gasteiger partial charge in [0.15, 0.2) is 0 Å². The fourth-order valence-corrected chi connectivity index (χ4v) is 3.07. The van der Waals surface area contributed by atoms with E-state index < -0.39 is 5.97 Å². The highest BCUT2D eigenvalue weighted by Gasteiger charge is 2.29. The summed E-state index contributed by atoms with van der Waals surface area (Å²) in [6.07, 6.45) is 1.53. The van der Waals surface area contributed by atoms with E-state index in [0.717, 1.165) is 25.9 Å². The molecule has 0 spiro atoms. The summed E-state index contributed by atoms with van der Waals surface area (Å²) in [5.74, 6) is -0.802. The monoisotopic (exact) mass is 261 g/mol. The van der Waals surface area contributed by atoms with E-state index in [1.807, 2.05) is 0 Å². The first kappa shape index (κ1) is 14.1. The molecule has 0 saturated carbocycles. The van der Waals surface area contributed by atoms with Gasteiger partial charge in [-0.2, -0.15) is 0 Å². The summed E-state index contributed by atoms with van der Waals surface area (Å²) >= 11 is 0. The predicted octanol–water partition coefficient (Wildman–Crippen LogP) is 2.99. The number of carbonyl (C=O) groups is 1. The van der Waals surface area contributed by atoms with E-state index >= 15 is 0 Å². The van der Waals surface area contributed by atoms with Crippen LogP contribution in [0.25, 0.3) is 0 Å². The largest absolute Gasteiger partial charge is 0.481 e. The van der Waals surface area contributed by atoms with Gasteiger partial charge in [-0.1, -0.05) is 29.3 Å². The van der Waals surface area contributed by atoms with Crippen molar-refractivity contribution in [3.8, 4) is 0 Å². The molecule has 1 aliphatic heterocycles. The van der Waals surface area contributed by atoms with Gasteiger partial charge in [0.1, 0.15) is 0 Å². The molecule has 2 unspecified atom stereocenters. The third kappa shape index (κ3) is 3.57. The first-order valence-electron chi connectivity index (χ1n) is 6.99. The number of piperidine rings is 1. The topological polar surface area (TPSA) is 40.5 Å². The summed E-state index contributed by atoms with van der Waals surface area (Å²) in [5.41, 5.74) is 3.92. The number of hydrogen-bond donors (Lipinski definition) is 1. The van der Waals surface area contributed by atoms with Crippen LogP contribution in [0.1, 0.15) is 36.5 Å². The lowest BCUT2D eigenvalue weighted by atomic mass is 9.91. The maximum atomic E-state index is 11.0. The number of rotatable bonds is 3. The molecule has 1 N–H and O–H groups in total. The summed E-state index contributed by atoms with van der Waals surface area (Å²) in [7, 11) is 0. The zero-order valence-electron chi connectivity index (χ0n) is 12.0. The highest BCUT2D eigenvalue weighted by molar-refractivity contribution is 5.70.